The maximum Gasteiger partial charge on any atom is 0.239 e. The summed E-state index contributed by atoms with van der Waals surface area (Å²) in [7, 11) is 0. The summed E-state index contributed by atoms with van der Waals surface area (Å²) in [6.45, 7) is 9.28. The van der Waals surface area contributed by atoms with Gasteiger partial charge in [0.25, 0.3) is 0 Å². The molecule has 1 aliphatic carbocycles. The summed E-state index contributed by atoms with van der Waals surface area (Å²) in [6.07, 6.45) is 3.40. The molecule has 0 saturated heterocycles. The number of carbonyl (C=O) groups is 1. The first kappa shape index (κ1) is 13.5. The first-order valence-electron chi connectivity index (χ1n) is 6.49. The number of hydrogen-bond acceptors (Lipinski definition) is 2. The van der Waals surface area contributed by atoms with E-state index in [1.54, 1.807) is 0 Å². The van der Waals surface area contributed by atoms with Gasteiger partial charge in [-0.2, -0.15) is 0 Å². The molecule has 0 unspecified atom stereocenters. The van der Waals surface area contributed by atoms with Crippen molar-refractivity contribution in [2.24, 2.45) is 17.6 Å². The van der Waals surface area contributed by atoms with Crippen molar-refractivity contribution < 1.29 is 4.79 Å². The highest BCUT2D eigenvalue weighted by Crippen LogP contribution is 2.28. The molecule has 1 atom stereocenters. The van der Waals surface area contributed by atoms with Crippen molar-refractivity contribution in [3.63, 3.8) is 0 Å². The molecule has 1 amide bonds. The molecule has 0 aromatic carbocycles. The first-order valence-corrected chi connectivity index (χ1v) is 6.49. The fourth-order valence-corrected chi connectivity index (χ4v) is 1.73. The van der Waals surface area contributed by atoms with Crippen molar-refractivity contribution in [3.8, 4) is 0 Å². The van der Waals surface area contributed by atoms with Crippen LogP contribution in [0.25, 0.3) is 0 Å². The van der Waals surface area contributed by atoms with Gasteiger partial charge in [0, 0.05) is 12.6 Å². The molecule has 3 heteroatoms. The minimum Gasteiger partial charge on any atom is -0.338 e. The van der Waals surface area contributed by atoms with Crippen molar-refractivity contribution in [2.75, 3.05) is 6.54 Å². The zero-order valence-corrected chi connectivity index (χ0v) is 11.1. The summed E-state index contributed by atoms with van der Waals surface area (Å²) >= 11 is 0. The second-order valence-electron chi connectivity index (χ2n) is 5.72. The minimum absolute atomic E-state index is 0.151. The van der Waals surface area contributed by atoms with E-state index in [1.165, 1.54) is 0 Å². The second kappa shape index (κ2) is 5.67. The molecular formula is C13H26N2O. The van der Waals surface area contributed by atoms with Crippen molar-refractivity contribution in [1.29, 1.82) is 0 Å². The monoisotopic (exact) mass is 226 g/mol. The molecule has 0 radical (unpaired) electrons. The number of hydrogen-bond donors (Lipinski definition) is 1. The molecule has 1 saturated carbocycles. The fourth-order valence-electron chi connectivity index (χ4n) is 1.73. The molecule has 0 bridgehead atoms. The Labute approximate surface area is 99.4 Å². The van der Waals surface area contributed by atoms with Gasteiger partial charge in [-0.05, 0) is 31.1 Å². The molecule has 16 heavy (non-hydrogen) atoms. The van der Waals surface area contributed by atoms with Gasteiger partial charge in [0.05, 0.1) is 6.04 Å². The Balaban J connectivity index is 2.52. The maximum absolute atomic E-state index is 12.2. The third-order valence-corrected chi connectivity index (χ3v) is 3.22. The molecule has 0 aromatic heterocycles. The maximum atomic E-state index is 12.2. The van der Waals surface area contributed by atoms with Crippen LogP contribution in [0.15, 0.2) is 0 Å². The lowest BCUT2D eigenvalue weighted by atomic mass is 10.0. The highest BCUT2D eigenvalue weighted by molar-refractivity contribution is 5.82. The molecule has 1 fully saturated rings. The quantitative estimate of drug-likeness (QED) is 0.753. The van der Waals surface area contributed by atoms with E-state index in [0.717, 1.165) is 25.8 Å². The lowest BCUT2D eigenvalue weighted by Crippen LogP contribution is -2.48. The van der Waals surface area contributed by atoms with Gasteiger partial charge in [-0.15, -0.1) is 0 Å². The van der Waals surface area contributed by atoms with Gasteiger partial charge < -0.3 is 10.6 Å². The van der Waals surface area contributed by atoms with Crippen molar-refractivity contribution in [2.45, 2.75) is 59.0 Å². The Morgan fingerprint density at radius 2 is 1.88 bits per heavy atom. The van der Waals surface area contributed by atoms with E-state index in [-0.39, 0.29) is 17.9 Å². The van der Waals surface area contributed by atoms with Crippen LogP contribution in [0.3, 0.4) is 0 Å². The highest BCUT2D eigenvalue weighted by atomic mass is 16.2. The van der Waals surface area contributed by atoms with Crippen LogP contribution >= 0.6 is 0 Å². The predicted molar refractivity (Wildman–Crippen MR) is 67.0 cm³/mol. The smallest absolute Gasteiger partial charge is 0.239 e. The molecular weight excluding hydrogens is 200 g/mol. The van der Waals surface area contributed by atoms with E-state index in [2.05, 4.69) is 13.8 Å². The summed E-state index contributed by atoms with van der Waals surface area (Å²) < 4.78 is 0. The number of nitrogens with two attached hydrogens (primary N) is 1. The zero-order chi connectivity index (χ0) is 12.3. The lowest BCUT2D eigenvalue weighted by molar-refractivity contribution is -0.134. The predicted octanol–water partition coefficient (Wildman–Crippen LogP) is 2.01. The summed E-state index contributed by atoms with van der Waals surface area (Å²) in [4.78, 5) is 14.2. The van der Waals surface area contributed by atoms with E-state index in [0.29, 0.717) is 12.0 Å². The Morgan fingerprint density at radius 1 is 1.31 bits per heavy atom. The van der Waals surface area contributed by atoms with E-state index in [1.807, 2.05) is 18.7 Å². The van der Waals surface area contributed by atoms with E-state index < -0.39 is 0 Å². The number of nitrogens with zero attached hydrogens (tertiary/aromatic N) is 1. The third-order valence-electron chi connectivity index (χ3n) is 3.22. The number of amides is 1. The van der Waals surface area contributed by atoms with Crippen LogP contribution in [0.1, 0.15) is 47.0 Å². The molecule has 94 valence electrons. The van der Waals surface area contributed by atoms with Crippen LogP contribution in [-0.4, -0.2) is 29.4 Å². The Hall–Kier alpha value is -0.570. The molecule has 0 aromatic rings. The van der Waals surface area contributed by atoms with E-state index in [9.17, 15) is 4.79 Å². The van der Waals surface area contributed by atoms with Crippen molar-refractivity contribution >= 4 is 5.91 Å². The third kappa shape index (κ3) is 3.78. The van der Waals surface area contributed by atoms with Crippen LogP contribution in [0, 0.1) is 11.8 Å². The molecule has 0 aliphatic heterocycles. The minimum atomic E-state index is -0.326. The average Bonchev–Trinajstić information content (AvgIpc) is 3.00. The summed E-state index contributed by atoms with van der Waals surface area (Å²) in [5.41, 5.74) is 5.94. The molecule has 2 N–H and O–H groups in total. The second-order valence-corrected chi connectivity index (χ2v) is 5.72. The summed E-state index contributed by atoms with van der Waals surface area (Å²) in [5.74, 6) is 1.02. The number of carbonyl (C=O) groups excluding carboxylic acids is 1. The van der Waals surface area contributed by atoms with Gasteiger partial charge >= 0.3 is 0 Å². The van der Waals surface area contributed by atoms with Gasteiger partial charge in [0.2, 0.25) is 5.91 Å². The van der Waals surface area contributed by atoms with Crippen LogP contribution in [-0.2, 0) is 4.79 Å². The van der Waals surface area contributed by atoms with Crippen LogP contribution in [0.4, 0.5) is 0 Å². The van der Waals surface area contributed by atoms with Gasteiger partial charge in [-0.3, -0.25) is 4.79 Å². The topological polar surface area (TPSA) is 46.3 Å². The van der Waals surface area contributed by atoms with Gasteiger partial charge in [-0.25, -0.2) is 0 Å². The zero-order valence-electron chi connectivity index (χ0n) is 11.1. The Bertz CT molecular complexity index is 234. The molecule has 0 heterocycles. The summed E-state index contributed by atoms with van der Waals surface area (Å²) in [6, 6.07) is 0.156. The first-order chi connectivity index (χ1) is 7.43. The SMILES string of the molecule is CC(C)CCN(C(=O)[C@@H](N)C(C)C)C1CC1. The molecule has 1 rings (SSSR count). The lowest BCUT2D eigenvalue weighted by Gasteiger charge is -2.27. The summed E-state index contributed by atoms with van der Waals surface area (Å²) in [5, 5.41) is 0. The van der Waals surface area contributed by atoms with Crippen LogP contribution < -0.4 is 5.73 Å². The van der Waals surface area contributed by atoms with Crippen molar-refractivity contribution in [3.05, 3.63) is 0 Å². The molecule has 0 spiro atoms. The standard InChI is InChI=1S/C13H26N2O/c1-9(2)7-8-15(11-5-6-11)13(16)12(14)10(3)4/h9-12H,5-8,14H2,1-4H3/t12-/m0/s1. The Morgan fingerprint density at radius 3 is 2.25 bits per heavy atom. The normalized spacial score (nSPS) is 17.9. The number of rotatable bonds is 6. The van der Waals surface area contributed by atoms with Crippen LogP contribution in [0.5, 0.6) is 0 Å². The van der Waals surface area contributed by atoms with E-state index >= 15 is 0 Å². The highest BCUT2D eigenvalue weighted by Gasteiger charge is 2.35. The van der Waals surface area contributed by atoms with Gasteiger partial charge in [0.1, 0.15) is 0 Å². The molecule has 1 aliphatic rings. The Kier molecular flexibility index (Phi) is 4.78. The van der Waals surface area contributed by atoms with Crippen molar-refractivity contribution in [1.82, 2.24) is 4.90 Å². The van der Waals surface area contributed by atoms with Gasteiger partial charge in [-0.1, -0.05) is 27.7 Å². The van der Waals surface area contributed by atoms with E-state index in [4.69, 9.17) is 5.73 Å². The molecule has 3 nitrogen and oxygen atoms in total. The van der Waals surface area contributed by atoms with Crippen LogP contribution in [0.2, 0.25) is 0 Å². The average molecular weight is 226 g/mol. The fraction of sp³-hybridized carbons (Fsp3) is 0.923. The largest absolute Gasteiger partial charge is 0.338 e. The van der Waals surface area contributed by atoms with Gasteiger partial charge in [0.15, 0.2) is 0 Å².